The highest BCUT2D eigenvalue weighted by atomic mass is 35.5. The van der Waals surface area contributed by atoms with Crippen LogP contribution >= 0.6 is 11.6 Å². The molecule has 1 N–H and O–H groups in total. The molecule has 0 bridgehead atoms. The molecule has 0 radical (unpaired) electrons. The summed E-state index contributed by atoms with van der Waals surface area (Å²) in [4.78, 5) is 10.4. The fraction of sp³-hybridized carbons (Fsp3) is 0.500. The summed E-state index contributed by atoms with van der Waals surface area (Å²) in [5.41, 5.74) is 0. The second-order valence-corrected chi connectivity index (χ2v) is 1.77. The average Bonchev–Trinajstić information content (AvgIpc) is 1.89. The molecule has 0 aromatic rings. The van der Waals surface area contributed by atoms with E-state index >= 15 is 0 Å². The lowest BCUT2D eigenvalue weighted by molar-refractivity contribution is -0.118. The first-order chi connectivity index (χ1) is 4.31. The fourth-order valence-corrected chi connectivity index (χ4v) is 0.432. The summed E-state index contributed by atoms with van der Waals surface area (Å²) in [5.74, 6) is -0.0906. The van der Waals surface area contributed by atoms with E-state index < -0.39 is 0 Å². The van der Waals surface area contributed by atoms with Crippen LogP contribution in [0.2, 0.25) is 0 Å². The number of alkyl halides is 1. The molecule has 52 valence electrons. The summed E-state index contributed by atoms with van der Waals surface area (Å²) in [7, 11) is 0. The van der Waals surface area contributed by atoms with Gasteiger partial charge in [-0.25, -0.2) is 0 Å². The summed E-state index contributed by atoms with van der Waals surface area (Å²) in [6.45, 7) is 2.47. The molecule has 9 heavy (non-hydrogen) atoms. The van der Waals surface area contributed by atoms with Crippen molar-refractivity contribution >= 4 is 17.5 Å². The Morgan fingerprint density at radius 2 is 2.44 bits per heavy atom. The highest BCUT2D eigenvalue weighted by Gasteiger charge is 1.91. The second kappa shape index (κ2) is 5.63. The number of nitrogens with one attached hydrogen (secondary N) is 1. The van der Waals surface area contributed by atoms with Crippen LogP contribution in [0.3, 0.4) is 0 Å². The first kappa shape index (κ1) is 8.50. The van der Waals surface area contributed by atoms with Crippen LogP contribution in [0.4, 0.5) is 0 Å². The third-order valence-electron chi connectivity index (χ3n) is 0.774. The third-order valence-corrected chi connectivity index (χ3v) is 1.02. The molecule has 0 fully saturated rings. The molecule has 3 heteroatoms. The van der Waals surface area contributed by atoms with Crippen LogP contribution in [-0.4, -0.2) is 18.3 Å². The minimum absolute atomic E-state index is 0.0392. The normalized spacial score (nSPS) is 10.0. The Kier molecular flexibility index (Phi) is 5.32. The van der Waals surface area contributed by atoms with Gasteiger partial charge in [0.1, 0.15) is 5.88 Å². The van der Waals surface area contributed by atoms with E-state index in [2.05, 4.69) is 5.32 Å². The van der Waals surface area contributed by atoms with Gasteiger partial charge in [-0.2, -0.15) is 0 Å². The third kappa shape index (κ3) is 5.37. The summed E-state index contributed by atoms with van der Waals surface area (Å²) in [5, 5.41) is 2.58. The number of carbonyl (C=O) groups is 1. The molecule has 0 aliphatic rings. The Morgan fingerprint density at radius 1 is 1.78 bits per heavy atom. The van der Waals surface area contributed by atoms with Crippen molar-refractivity contribution in [1.82, 2.24) is 5.32 Å². The van der Waals surface area contributed by atoms with Crippen LogP contribution in [0.25, 0.3) is 0 Å². The predicted octanol–water partition coefficient (Wildman–Crippen LogP) is 0.917. The average molecular weight is 148 g/mol. The highest BCUT2D eigenvalue weighted by Crippen LogP contribution is 1.73. The standard InChI is InChI=1S/C6H10ClNO/c1-2-3-4-8-6(9)5-7/h2-3H,4-5H2,1H3,(H,8,9)/b3-2+. The zero-order valence-electron chi connectivity index (χ0n) is 5.36. The van der Waals surface area contributed by atoms with Crippen LogP contribution < -0.4 is 5.32 Å². The van der Waals surface area contributed by atoms with Crippen molar-refractivity contribution in [3.63, 3.8) is 0 Å². The van der Waals surface area contributed by atoms with Gasteiger partial charge in [0.05, 0.1) is 0 Å². The van der Waals surface area contributed by atoms with Crippen molar-refractivity contribution in [3.8, 4) is 0 Å². The molecule has 0 saturated heterocycles. The molecule has 0 atom stereocenters. The minimum Gasteiger partial charge on any atom is -0.352 e. The van der Waals surface area contributed by atoms with Gasteiger partial charge in [-0.3, -0.25) is 4.79 Å². The van der Waals surface area contributed by atoms with Crippen molar-refractivity contribution in [1.29, 1.82) is 0 Å². The van der Waals surface area contributed by atoms with Gasteiger partial charge in [-0.15, -0.1) is 11.6 Å². The lowest BCUT2D eigenvalue weighted by Crippen LogP contribution is -2.24. The number of rotatable bonds is 3. The molecule has 0 saturated carbocycles. The fourth-order valence-electron chi connectivity index (χ4n) is 0.338. The lowest BCUT2D eigenvalue weighted by atomic mass is 10.5. The minimum atomic E-state index is -0.130. The molecule has 0 unspecified atom stereocenters. The molecule has 0 aliphatic heterocycles. The van der Waals surface area contributed by atoms with E-state index in [0.717, 1.165) is 0 Å². The molecule has 0 heterocycles. The molecule has 1 amide bonds. The molecular formula is C6H10ClNO. The van der Waals surface area contributed by atoms with Crippen molar-refractivity contribution in [2.45, 2.75) is 6.92 Å². The van der Waals surface area contributed by atoms with Crippen LogP contribution in [0.15, 0.2) is 12.2 Å². The monoisotopic (exact) mass is 147 g/mol. The quantitative estimate of drug-likeness (QED) is 0.467. The largest absolute Gasteiger partial charge is 0.352 e. The molecule has 0 aliphatic carbocycles. The number of allylic oxidation sites excluding steroid dienone is 1. The van der Waals surface area contributed by atoms with Crippen LogP contribution in [0.5, 0.6) is 0 Å². The number of carbonyl (C=O) groups excluding carboxylic acids is 1. The zero-order chi connectivity index (χ0) is 7.11. The van der Waals surface area contributed by atoms with Crippen LogP contribution in [-0.2, 0) is 4.79 Å². The van der Waals surface area contributed by atoms with Gasteiger partial charge in [0.15, 0.2) is 0 Å². The number of halogens is 1. The molecule has 2 nitrogen and oxygen atoms in total. The zero-order valence-corrected chi connectivity index (χ0v) is 6.11. The Balaban J connectivity index is 3.17. The van der Waals surface area contributed by atoms with E-state index in [1.165, 1.54) is 0 Å². The SMILES string of the molecule is C/C=C/CNC(=O)CCl. The first-order valence-electron chi connectivity index (χ1n) is 2.75. The van der Waals surface area contributed by atoms with Crippen molar-refractivity contribution in [3.05, 3.63) is 12.2 Å². The number of hydrogen-bond acceptors (Lipinski definition) is 1. The topological polar surface area (TPSA) is 29.1 Å². The molecular weight excluding hydrogens is 138 g/mol. The van der Waals surface area contributed by atoms with E-state index in [4.69, 9.17) is 11.6 Å². The van der Waals surface area contributed by atoms with E-state index in [1.807, 2.05) is 19.1 Å². The van der Waals surface area contributed by atoms with Gasteiger partial charge in [0.25, 0.3) is 0 Å². The predicted molar refractivity (Wildman–Crippen MR) is 38.5 cm³/mol. The Morgan fingerprint density at radius 3 is 2.89 bits per heavy atom. The van der Waals surface area contributed by atoms with Crippen molar-refractivity contribution in [2.24, 2.45) is 0 Å². The Hall–Kier alpha value is -0.500. The summed E-state index contributed by atoms with van der Waals surface area (Å²) in [6, 6.07) is 0. The smallest absolute Gasteiger partial charge is 0.235 e. The second-order valence-electron chi connectivity index (χ2n) is 1.51. The first-order valence-corrected chi connectivity index (χ1v) is 3.28. The number of amides is 1. The van der Waals surface area contributed by atoms with Gasteiger partial charge < -0.3 is 5.32 Å². The maximum absolute atomic E-state index is 10.4. The Labute approximate surface area is 59.9 Å². The molecule has 0 spiro atoms. The summed E-state index contributed by atoms with van der Waals surface area (Å²) >= 11 is 5.19. The van der Waals surface area contributed by atoms with Crippen LogP contribution in [0.1, 0.15) is 6.92 Å². The molecule has 0 rings (SSSR count). The summed E-state index contributed by atoms with van der Waals surface area (Å²) < 4.78 is 0. The van der Waals surface area contributed by atoms with Gasteiger partial charge in [0, 0.05) is 6.54 Å². The maximum atomic E-state index is 10.4. The lowest BCUT2D eigenvalue weighted by Gasteiger charge is -1.94. The number of hydrogen-bond donors (Lipinski definition) is 1. The van der Waals surface area contributed by atoms with E-state index in [0.29, 0.717) is 6.54 Å². The molecule has 0 aromatic carbocycles. The van der Waals surface area contributed by atoms with Gasteiger partial charge in [-0.05, 0) is 6.92 Å². The van der Waals surface area contributed by atoms with E-state index in [-0.39, 0.29) is 11.8 Å². The van der Waals surface area contributed by atoms with E-state index in [9.17, 15) is 4.79 Å². The van der Waals surface area contributed by atoms with Crippen molar-refractivity contribution < 1.29 is 4.79 Å². The Bertz CT molecular complexity index is 112. The van der Waals surface area contributed by atoms with Crippen molar-refractivity contribution in [2.75, 3.05) is 12.4 Å². The maximum Gasteiger partial charge on any atom is 0.235 e. The molecule has 0 aromatic heterocycles. The summed E-state index contributed by atoms with van der Waals surface area (Å²) in [6.07, 6.45) is 3.72. The highest BCUT2D eigenvalue weighted by molar-refractivity contribution is 6.27. The van der Waals surface area contributed by atoms with Gasteiger partial charge in [-0.1, -0.05) is 12.2 Å². The van der Waals surface area contributed by atoms with Crippen LogP contribution in [0, 0.1) is 0 Å². The van der Waals surface area contributed by atoms with Gasteiger partial charge >= 0.3 is 0 Å². The van der Waals surface area contributed by atoms with Gasteiger partial charge in [0.2, 0.25) is 5.91 Å². The van der Waals surface area contributed by atoms with E-state index in [1.54, 1.807) is 0 Å².